The van der Waals surface area contributed by atoms with E-state index in [-0.39, 0.29) is 60.7 Å². The standard InChI is InChI=1S/C14H26O5S2/c1-9(7-18-13(15)5-11(3)20)17-8-10(2)19-14(16)6-12(4)21/h9-12,20-21H,5-8H2,1-4H3. The second kappa shape index (κ2) is 11.2. The maximum Gasteiger partial charge on any atom is 0.307 e. The first-order valence-electron chi connectivity index (χ1n) is 7.03. The largest absolute Gasteiger partial charge is 0.463 e. The Morgan fingerprint density at radius 2 is 1.38 bits per heavy atom. The summed E-state index contributed by atoms with van der Waals surface area (Å²) in [7, 11) is 0. The lowest BCUT2D eigenvalue weighted by atomic mass is 10.3. The number of hydrogen-bond acceptors (Lipinski definition) is 7. The van der Waals surface area contributed by atoms with Crippen LogP contribution < -0.4 is 0 Å². The van der Waals surface area contributed by atoms with E-state index in [1.807, 2.05) is 13.8 Å². The van der Waals surface area contributed by atoms with Gasteiger partial charge in [-0.1, -0.05) is 13.8 Å². The molecule has 0 aliphatic heterocycles. The number of hydrogen-bond donors (Lipinski definition) is 2. The Kier molecular flexibility index (Phi) is 11.0. The molecular formula is C14H26O5S2. The van der Waals surface area contributed by atoms with Gasteiger partial charge in [0.15, 0.2) is 0 Å². The zero-order chi connectivity index (χ0) is 16.4. The van der Waals surface area contributed by atoms with Crippen LogP contribution in [-0.2, 0) is 23.8 Å². The van der Waals surface area contributed by atoms with Gasteiger partial charge in [-0.2, -0.15) is 25.3 Å². The maximum atomic E-state index is 11.4. The van der Waals surface area contributed by atoms with E-state index >= 15 is 0 Å². The van der Waals surface area contributed by atoms with Crippen LogP contribution in [0.15, 0.2) is 0 Å². The molecule has 0 saturated carbocycles. The van der Waals surface area contributed by atoms with Gasteiger partial charge < -0.3 is 14.2 Å². The van der Waals surface area contributed by atoms with Crippen molar-refractivity contribution in [3.8, 4) is 0 Å². The summed E-state index contributed by atoms with van der Waals surface area (Å²) in [6, 6.07) is 0. The average molecular weight is 338 g/mol. The predicted molar refractivity (Wildman–Crippen MR) is 88.1 cm³/mol. The summed E-state index contributed by atoms with van der Waals surface area (Å²) in [6.07, 6.45) is -0.0665. The van der Waals surface area contributed by atoms with Crippen molar-refractivity contribution in [2.24, 2.45) is 0 Å². The summed E-state index contributed by atoms with van der Waals surface area (Å²) >= 11 is 8.25. The van der Waals surface area contributed by atoms with E-state index < -0.39 is 0 Å². The van der Waals surface area contributed by atoms with Crippen molar-refractivity contribution in [2.45, 2.75) is 63.2 Å². The van der Waals surface area contributed by atoms with E-state index in [0.717, 1.165) is 0 Å². The molecule has 0 aromatic rings. The summed E-state index contributed by atoms with van der Waals surface area (Å²) in [5.41, 5.74) is 0. The molecule has 0 radical (unpaired) electrons. The highest BCUT2D eigenvalue weighted by molar-refractivity contribution is 7.81. The van der Waals surface area contributed by atoms with Gasteiger partial charge in [0.2, 0.25) is 0 Å². The van der Waals surface area contributed by atoms with Gasteiger partial charge in [-0.25, -0.2) is 0 Å². The van der Waals surface area contributed by atoms with Gasteiger partial charge >= 0.3 is 11.9 Å². The number of thiol groups is 2. The third kappa shape index (κ3) is 13.0. The summed E-state index contributed by atoms with van der Waals surface area (Å²) in [6.45, 7) is 7.63. The van der Waals surface area contributed by atoms with E-state index in [9.17, 15) is 9.59 Å². The van der Waals surface area contributed by atoms with E-state index in [2.05, 4.69) is 25.3 Å². The molecule has 0 aromatic heterocycles. The second-order valence-electron chi connectivity index (χ2n) is 5.23. The first-order valence-corrected chi connectivity index (χ1v) is 8.06. The third-order valence-electron chi connectivity index (χ3n) is 2.35. The zero-order valence-electron chi connectivity index (χ0n) is 13.1. The van der Waals surface area contributed by atoms with Crippen molar-refractivity contribution in [1.29, 1.82) is 0 Å². The Labute approximate surface area is 137 Å². The van der Waals surface area contributed by atoms with Crippen LogP contribution in [0, 0.1) is 0 Å². The fourth-order valence-electron chi connectivity index (χ4n) is 1.41. The fraction of sp³-hybridized carbons (Fsp3) is 0.857. The quantitative estimate of drug-likeness (QED) is 0.473. The van der Waals surface area contributed by atoms with Gasteiger partial charge in [-0.3, -0.25) is 9.59 Å². The van der Waals surface area contributed by atoms with Crippen molar-refractivity contribution >= 4 is 37.2 Å². The van der Waals surface area contributed by atoms with Crippen molar-refractivity contribution in [1.82, 2.24) is 0 Å². The minimum atomic E-state index is -0.347. The first-order chi connectivity index (χ1) is 9.70. The lowest BCUT2D eigenvalue weighted by Gasteiger charge is -2.18. The predicted octanol–water partition coefficient (Wildman–Crippen LogP) is 2.28. The van der Waals surface area contributed by atoms with Gasteiger partial charge in [0.05, 0.1) is 25.6 Å². The second-order valence-corrected chi connectivity index (χ2v) is 7.00. The number of carbonyl (C=O) groups is 2. The average Bonchev–Trinajstić information content (AvgIpc) is 2.31. The van der Waals surface area contributed by atoms with Crippen molar-refractivity contribution in [3.05, 3.63) is 0 Å². The van der Waals surface area contributed by atoms with Gasteiger partial charge in [0, 0.05) is 10.5 Å². The Bertz CT molecular complexity index is 320. The van der Waals surface area contributed by atoms with Gasteiger partial charge in [0.1, 0.15) is 12.7 Å². The molecule has 0 heterocycles. The SMILES string of the molecule is CC(S)CC(=O)OCC(C)OCC(C)OC(=O)CC(C)S. The van der Waals surface area contributed by atoms with Gasteiger partial charge in [0.25, 0.3) is 0 Å². The molecule has 5 nitrogen and oxygen atoms in total. The Morgan fingerprint density at radius 3 is 1.90 bits per heavy atom. The highest BCUT2D eigenvalue weighted by Gasteiger charge is 2.14. The lowest BCUT2D eigenvalue weighted by Crippen LogP contribution is -2.27. The Morgan fingerprint density at radius 1 is 0.857 bits per heavy atom. The summed E-state index contributed by atoms with van der Waals surface area (Å²) in [4.78, 5) is 22.8. The molecule has 21 heavy (non-hydrogen) atoms. The highest BCUT2D eigenvalue weighted by atomic mass is 32.1. The molecule has 0 aliphatic rings. The van der Waals surface area contributed by atoms with Crippen LogP contribution in [0.25, 0.3) is 0 Å². The molecule has 0 aromatic carbocycles. The maximum absolute atomic E-state index is 11.4. The van der Waals surface area contributed by atoms with Gasteiger partial charge in [-0.15, -0.1) is 0 Å². The van der Waals surface area contributed by atoms with E-state index in [4.69, 9.17) is 14.2 Å². The van der Waals surface area contributed by atoms with Crippen molar-refractivity contribution in [3.63, 3.8) is 0 Å². The molecule has 4 unspecified atom stereocenters. The van der Waals surface area contributed by atoms with E-state index in [1.165, 1.54) is 0 Å². The van der Waals surface area contributed by atoms with Crippen molar-refractivity contribution in [2.75, 3.05) is 13.2 Å². The third-order valence-corrected chi connectivity index (χ3v) is 2.72. The monoisotopic (exact) mass is 338 g/mol. The van der Waals surface area contributed by atoms with Crippen LogP contribution in [0.2, 0.25) is 0 Å². The number of carbonyl (C=O) groups excluding carboxylic acids is 2. The van der Waals surface area contributed by atoms with Crippen molar-refractivity contribution < 1.29 is 23.8 Å². The normalized spacial score (nSPS) is 16.7. The number of ether oxygens (including phenoxy) is 3. The molecule has 0 saturated heterocycles. The minimum Gasteiger partial charge on any atom is -0.463 e. The minimum absolute atomic E-state index is 0.0256. The molecule has 0 aliphatic carbocycles. The molecule has 0 amide bonds. The van der Waals surface area contributed by atoms with E-state index in [0.29, 0.717) is 0 Å². The molecular weight excluding hydrogens is 312 g/mol. The van der Waals surface area contributed by atoms with Crippen LogP contribution in [0.3, 0.4) is 0 Å². The van der Waals surface area contributed by atoms with Crippen LogP contribution in [0.1, 0.15) is 40.5 Å². The zero-order valence-corrected chi connectivity index (χ0v) is 14.9. The molecule has 4 atom stereocenters. The summed E-state index contributed by atoms with van der Waals surface area (Å²) in [5.74, 6) is -0.592. The Balaban J connectivity index is 3.79. The van der Waals surface area contributed by atoms with Crippen LogP contribution in [-0.4, -0.2) is 47.9 Å². The fourth-order valence-corrected chi connectivity index (χ4v) is 1.70. The smallest absolute Gasteiger partial charge is 0.307 e. The molecule has 7 heteroatoms. The van der Waals surface area contributed by atoms with E-state index in [1.54, 1.807) is 13.8 Å². The molecule has 124 valence electrons. The van der Waals surface area contributed by atoms with Crippen LogP contribution in [0.4, 0.5) is 0 Å². The molecule has 0 spiro atoms. The first kappa shape index (κ1) is 20.6. The molecule has 0 fully saturated rings. The molecule has 0 N–H and O–H groups in total. The summed E-state index contributed by atoms with van der Waals surface area (Å²) in [5, 5.41) is -0.0550. The molecule has 0 bridgehead atoms. The van der Waals surface area contributed by atoms with Crippen LogP contribution >= 0.6 is 25.3 Å². The summed E-state index contributed by atoms with van der Waals surface area (Å²) < 4.78 is 15.7. The highest BCUT2D eigenvalue weighted by Crippen LogP contribution is 2.05. The number of rotatable bonds is 10. The number of esters is 2. The lowest BCUT2D eigenvalue weighted by molar-refractivity contribution is -0.154. The van der Waals surface area contributed by atoms with Gasteiger partial charge in [-0.05, 0) is 13.8 Å². The van der Waals surface area contributed by atoms with Crippen LogP contribution in [0.5, 0.6) is 0 Å². The Hall–Kier alpha value is -0.400. The molecule has 0 rings (SSSR count). The topological polar surface area (TPSA) is 61.8 Å².